The van der Waals surface area contributed by atoms with Crippen LogP contribution in [0, 0.1) is 0 Å². The average molecular weight is 305 g/mol. The minimum atomic E-state index is -0.218. The molecule has 0 aliphatic carbocycles. The molecule has 0 saturated carbocycles. The van der Waals surface area contributed by atoms with E-state index in [1.165, 1.54) is 19.0 Å². The van der Waals surface area contributed by atoms with Crippen molar-refractivity contribution >= 4 is 11.8 Å². The van der Waals surface area contributed by atoms with Gasteiger partial charge in [-0.25, -0.2) is 0 Å². The fraction of sp³-hybridized carbons (Fsp3) is 0.562. The molecule has 1 N–H and O–H groups in total. The normalized spacial score (nSPS) is 15.2. The Morgan fingerprint density at radius 3 is 2.68 bits per heavy atom. The van der Waals surface area contributed by atoms with Crippen LogP contribution >= 0.6 is 0 Å². The second kappa shape index (κ2) is 8.48. The van der Waals surface area contributed by atoms with Crippen LogP contribution in [0.4, 0.5) is 0 Å². The molecule has 6 heteroatoms. The largest absolute Gasteiger partial charge is 0.383 e. The summed E-state index contributed by atoms with van der Waals surface area (Å²) >= 11 is 0. The third-order valence-electron chi connectivity index (χ3n) is 3.73. The predicted octanol–water partition coefficient (Wildman–Crippen LogP) is 1.47. The van der Waals surface area contributed by atoms with E-state index in [0.717, 1.165) is 25.9 Å². The fourth-order valence-corrected chi connectivity index (χ4v) is 2.49. The second-order valence-corrected chi connectivity index (χ2v) is 5.38. The quantitative estimate of drug-likeness (QED) is 0.836. The van der Waals surface area contributed by atoms with Gasteiger partial charge in [0.1, 0.15) is 5.69 Å². The molecule has 2 amide bonds. The van der Waals surface area contributed by atoms with Crippen LogP contribution in [0.25, 0.3) is 0 Å². The zero-order chi connectivity index (χ0) is 15.8. The average Bonchev–Trinajstić information content (AvgIpc) is 2.83. The Morgan fingerprint density at radius 1 is 1.27 bits per heavy atom. The molecule has 2 rings (SSSR count). The summed E-state index contributed by atoms with van der Waals surface area (Å²) in [5.41, 5.74) is 0.783. The summed E-state index contributed by atoms with van der Waals surface area (Å²) in [5, 5.41) is 2.74. The SMILES string of the molecule is COCCNC(=O)c1ccnc(C(=O)N2CCCCCC2)c1. The van der Waals surface area contributed by atoms with Gasteiger partial charge in [-0.15, -0.1) is 0 Å². The van der Waals surface area contributed by atoms with Gasteiger partial charge < -0.3 is 15.0 Å². The van der Waals surface area contributed by atoms with E-state index in [0.29, 0.717) is 24.4 Å². The van der Waals surface area contributed by atoms with Gasteiger partial charge in [-0.2, -0.15) is 0 Å². The number of carbonyl (C=O) groups excluding carboxylic acids is 2. The minimum absolute atomic E-state index is 0.0894. The summed E-state index contributed by atoms with van der Waals surface area (Å²) in [7, 11) is 1.58. The van der Waals surface area contributed by atoms with E-state index >= 15 is 0 Å². The van der Waals surface area contributed by atoms with Gasteiger partial charge in [0.05, 0.1) is 6.61 Å². The number of rotatable bonds is 5. The molecule has 0 aromatic carbocycles. The van der Waals surface area contributed by atoms with Crippen LogP contribution in [-0.4, -0.2) is 55.0 Å². The van der Waals surface area contributed by atoms with Crippen LogP contribution in [0.5, 0.6) is 0 Å². The van der Waals surface area contributed by atoms with E-state index in [9.17, 15) is 9.59 Å². The summed E-state index contributed by atoms with van der Waals surface area (Å²) in [5.74, 6) is -0.308. The van der Waals surface area contributed by atoms with Gasteiger partial charge in [0.2, 0.25) is 0 Å². The van der Waals surface area contributed by atoms with E-state index in [-0.39, 0.29) is 11.8 Å². The Labute approximate surface area is 130 Å². The minimum Gasteiger partial charge on any atom is -0.383 e. The Morgan fingerprint density at radius 2 is 2.00 bits per heavy atom. The molecule has 1 aliphatic heterocycles. The number of nitrogens with one attached hydrogen (secondary N) is 1. The third-order valence-corrected chi connectivity index (χ3v) is 3.73. The first-order valence-corrected chi connectivity index (χ1v) is 7.75. The first-order valence-electron chi connectivity index (χ1n) is 7.75. The molecule has 2 heterocycles. The van der Waals surface area contributed by atoms with E-state index in [4.69, 9.17) is 4.74 Å². The Hall–Kier alpha value is -1.95. The van der Waals surface area contributed by atoms with Crippen molar-refractivity contribution in [2.24, 2.45) is 0 Å². The highest BCUT2D eigenvalue weighted by molar-refractivity contribution is 5.98. The number of pyridine rings is 1. The molecule has 0 spiro atoms. The number of hydrogen-bond donors (Lipinski definition) is 1. The third kappa shape index (κ3) is 4.53. The molecular formula is C16H23N3O3. The molecule has 0 radical (unpaired) electrons. The van der Waals surface area contributed by atoms with Crippen molar-refractivity contribution in [3.63, 3.8) is 0 Å². The van der Waals surface area contributed by atoms with Crippen molar-refractivity contribution in [2.75, 3.05) is 33.4 Å². The first kappa shape index (κ1) is 16.4. The van der Waals surface area contributed by atoms with E-state index in [1.807, 2.05) is 4.90 Å². The molecule has 0 atom stereocenters. The second-order valence-electron chi connectivity index (χ2n) is 5.38. The molecule has 22 heavy (non-hydrogen) atoms. The number of nitrogens with zero attached hydrogens (tertiary/aromatic N) is 2. The van der Waals surface area contributed by atoms with Gasteiger partial charge in [0.15, 0.2) is 0 Å². The Balaban J connectivity index is 2.03. The maximum atomic E-state index is 12.5. The Bertz CT molecular complexity index is 511. The van der Waals surface area contributed by atoms with Gasteiger partial charge in [0.25, 0.3) is 11.8 Å². The summed E-state index contributed by atoms with van der Waals surface area (Å²) in [6, 6.07) is 3.18. The highest BCUT2D eigenvalue weighted by Crippen LogP contribution is 2.13. The molecule has 6 nitrogen and oxygen atoms in total. The lowest BCUT2D eigenvalue weighted by Gasteiger charge is -2.19. The standard InChI is InChI=1S/C16H23N3O3/c1-22-11-8-18-15(20)13-6-7-17-14(12-13)16(21)19-9-4-2-3-5-10-19/h6-7,12H,2-5,8-11H2,1H3,(H,18,20). The fourth-order valence-electron chi connectivity index (χ4n) is 2.49. The summed E-state index contributed by atoms with van der Waals surface area (Å²) < 4.78 is 4.89. The molecule has 120 valence electrons. The van der Waals surface area contributed by atoms with Crippen LogP contribution in [0.2, 0.25) is 0 Å². The molecule has 0 unspecified atom stereocenters. The molecule has 1 saturated heterocycles. The van der Waals surface area contributed by atoms with Gasteiger partial charge in [-0.3, -0.25) is 14.6 Å². The monoisotopic (exact) mass is 305 g/mol. The number of ether oxygens (including phenoxy) is 1. The van der Waals surface area contributed by atoms with Crippen molar-refractivity contribution in [2.45, 2.75) is 25.7 Å². The maximum absolute atomic E-state index is 12.5. The van der Waals surface area contributed by atoms with Gasteiger partial charge in [-0.05, 0) is 25.0 Å². The number of aromatic nitrogens is 1. The first-order chi connectivity index (χ1) is 10.7. The lowest BCUT2D eigenvalue weighted by Crippen LogP contribution is -2.33. The van der Waals surface area contributed by atoms with Crippen molar-refractivity contribution in [3.05, 3.63) is 29.6 Å². The van der Waals surface area contributed by atoms with Crippen LogP contribution < -0.4 is 5.32 Å². The lowest BCUT2D eigenvalue weighted by atomic mass is 10.2. The van der Waals surface area contributed by atoms with Crippen LogP contribution in [0.1, 0.15) is 46.5 Å². The molecule has 1 aromatic rings. The van der Waals surface area contributed by atoms with Crippen LogP contribution in [0.3, 0.4) is 0 Å². The molecule has 1 fully saturated rings. The van der Waals surface area contributed by atoms with E-state index in [1.54, 1.807) is 19.2 Å². The molecule has 1 aromatic heterocycles. The van der Waals surface area contributed by atoms with Crippen LogP contribution in [-0.2, 0) is 4.74 Å². The highest BCUT2D eigenvalue weighted by atomic mass is 16.5. The van der Waals surface area contributed by atoms with Crippen molar-refractivity contribution in [1.82, 2.24) is 15.2 Å². The summed E-state index contributed by atoms with van der Waals surface area (Å²) in [4.78, 5) is 30.5. The van der Waals surface area contributed by atoms with E-state index < -0.39 is 0 Å². The van der Waals surface area contributed by atoms with Gasteiger partial charge >= 0.3 is 0 Å². The lowest BCUT2D eigenvalue weighted by molar-refractivity contribution is 0.0755. The highest BCUT2D eigenvalue weighted by Gasteiger charge is 2.19. The predicted molar refractivity (Wildman–Crippen MR) is 82.8 cm³/mol. The van der Waals surface area contributed by atoms with Crippen LogP contribution in [0.15, 0.2) is 18.3 Å². The zero-order valence-corrected chi connectivity index (χ0v) is 13.0. The maximum Gasteiger partial charge on any atom is 0.272 e. The van der Waals surface area contributed by atoms with Crippen molar-refractivity contribution in [1.29, 1.82) is 0 Å². The number of amides is 2. The Kier molecular flexibility index (Phi) is 6.33. The molecule has 1 aliphatic rings. The molecule has 0 bridgehead atoms. The number of likely N-dealkylation sites (tertiary alicyclic amines) is 1. The van der Waals surface area contributed by atoms with Crippen molar-refractivity contribution in [3.8, 4) is 0 Å². The number of hydrogen-bond acceptors (Lipinski definition) is 4. The number of methoxy groups -OCH3 is 1. The zero-order valence-electron chi connectivity index (χ0n) is 13.0. The van der Waals surface area contributed by atoms with Gasteiger partial charge in [-0.1, -0.05) is 12.8 Å². The summed E-state index contributed by atoms with van der Waals surface area (Å²) in [6.07, 6.45) is 5.90. The smallest absolute Gasteiger partial charge is 0.272 e. The van der Waals surface area contributed by atoms with Gasteiger partial charge in [0, 0.05) is 38.5 Å². The summed E-state index contributed by atoms with van der Waals surface area (Å²) in [6.45, 7) is 2.43. The van der Waals surface area contributed by atoms with E-state index in [2.05, 4.69) is 10.3 Å². The topological polar surface area (TPSA) is 71.5 Å². The van der Waals surface area contributed by atoms with Crippen molar-refractivity contribution < 1.29 is 14.3 Å². The number of carbonyl (C=O) groups is 2. The molecular weight excluding hydrogens is 282 g/mol.